The minimum Gasteiger partial charge on any atom is -0.427 e. The van der Waals surface area contributed by atoms with Crippen molar-refractivity contribution in [2.75, 3.05) is 0 Å². The van der Waals surface area contributed by atoms with Crippen LogP contribution in [0.5, 0.6) is 0 Å². The molecule has 1 atom stereocenters. The van der Waals surface area contributed by atoms with Crippen molar-refractivity contribution in [3.63, 3.8) is 0 Å². The average Bonchev–Trinajstić information content (AvgIpc) is 3.31. The molecule has 3 heterocycles. The van der Waals surface area contributed by atoms with Crippen LogP contribution in [0, 0.1) is 6.92 Å². The molecule has 2 aromatic heterocycles. The number of rotatable bonds is 6. The molecule has 1 saturated heterocycles. The van der Waals surface area contributed by atoms with Gasteiger partial charge >= 0.3 is 7.12 Å². The third-order valence-corrected chi connectivity index (χ3v) is 6.62. The van der Waals surface area contributed by atoms with Gasteiger partial charge < -0.3 is 9.68 Å². The molecule has 0 bridgehead atoms. The Morgan fingerprint density at radius 3 is 2.55 bits per heavy atom. The van der Waals surface area contributed by atoms with Crippen LogP contribution in [0.1, 0.15) is 41.4 Å². The van der Waals surface area contributed by atoms with E-state index in [9.17, 15) is 5.02 Å². The van der Waals surface area contributed by atoms with Gasteiger partial charge in [-0.25, -0.2) is 9.97 Å². The summed E-state index contributed by atoms with van der Waals surface area (Å²) in [4.78, 5) is 10.6. The maximum atomic E-state index is 9.52. The number of benzene rings is 1. The molecule has 1 unspecified atom stereocenters. The second-order valence-corrected chi connectivity index (χ2v) is 9.22. The summed E-state index contributed by atoms with van der Waals surface area (Å²) in [5, 5.41) is 9.52. The van der Waals surface area contributed by atoms with Crippen LogP contribution < -0.4 is 0 Å². The lowest BCUT2D eigenvalue weighted by Crippen LogP contribution is -2.16. The van der Waals surface area contributed by atoms with E-state index in [2.05, 4.69) is 38.1 Å². The summed E-state index contributed by atoms with van der Waals surface area (Å²) in [6, 6.07) is 12.5. The monoisotopic (exact) mass is 426 g/mol. The van der Waals surface area contributed by atoms with Crippen LogP contribution in [0.15, 0.2) is 36.4 Å². The summed E-state index contributed by atoms with van der Waals surface area (Å²) >= 11 is 7.61. The molecule has 0 saturated carbocycles. The van der Waals surface area contributed by atoms with Gasteiger partial charge in [0, 0.05) is 18.2 Å². The molecule has 0 spiro atoms. The Morgan fingerprint density at radius 2 is 1.93 bits per heavy atom. The Balaban J connectivity index is 1.54. The van der Waals surface area contributed by atoms with E-state index in [0.717, 1.165) is 58.4 Å². The standard InChI is InChI=1S/C22H24BClN2O2S/c1-3-18-14(2)25-22(20-8-9-21(24)29-20)26-19(18)13-16-6-4-15(5-7-16)12-17-10-11-23(27)28-17/h4-9,17,27H,3,10-13H2,1-2H3. The van der Waals surface area contributed by atoms with Crippen molar-refractivity contribution in [2.24, 2.45) is 0 Å². The van der Waals surface area contributed by atoms with Crippen LogP contribution in [-0.4, -0.2) is 28.2 Å². The van der Waals surface area contributed by atoms with E-state index >= 15 is 0 Å². The molecule has 1 aliphatic rings. The third kappa shape index (κ3) is 4.89. The Hall–Kier alpha value is -1.73. The van der Waals surface area contributed by atoms with Crippen molar-refractivity contribution >= 4 is 30.1 Å². The smallest absolute Gasteiger partial charge is 0.427 e. The van der Waals surface area contributed by atoms with Gasteiger partial charge in [0.05, 0.1) is 14.9 Å². The van der Waals surface area contributed by atoms with E-state index in [0.29, 0.717) is 0 Å². The molecule has 150 valence electrons. The molecule has 1 aromatic carbocycles. The first kappa shape index (κ1) is 20.5. The molecule has 0 aliphatic carbocycles. The van der Waals surface area contributed by atoms with Gasteiger partial charge in [0.1, 0.15) is 0 Å². The van der Waals surface area contributed by atoms with Gasteiger partial charge in [-0.2, -0.15) is 0 Å². The Kier molecular flexibility index (Phi) is 6.35. The van der Waals surface area contributed by atoms with Crippen LogP contribution >= 0.6 is 22.9 Å². The number of nitrogens with zero attached hydrogens (tertiary/aromatic N) is 2. The Bertz CT molecular complexity index is 993. The van der Waals surface area contributed by atoms with E-state index in [1.807, 2.05) is 12.1 Å². The summed E-state index contributed by atoms with van der Waals surface area (Å²) in [5.41, 5.74) is 5.79. The van der Waals surface area contributed by atoms with Crippen molar-refractivity contribution in [2.45, 2.75) is 52.0 Å². The van der Waals surface area contributed by atoms with E-state index < -0.39 is 7.12 Å². The molecule has 1 N–H and O–H groups in total. The van der Waals surface area contributed by atoms with Crippen LogP contribution in [0.4, 0.5) is 0 Å². The highest BCUT2D eigenvalue weighted by atomic mass is 35.5. The van der Waals surface area contributed by atoms with E-state index in [-0.39, 0.29) is 6.10 Å². The van der Waals surface area contributed by atoms with Crippen LogP contribution in [0.25, 0.3) is 10.7 Å². The SMILES string of the molecule is CCc1c(C)nc(-c2ccc(Cl)s2)nc1Cc1ccc(CC2CCB(O)O2)cc1. The number of aromatic nitrogens is 2. The van der Waals surface area contributed by atoms with Gasteiger partial charge in [-0.3, -0.25) is 0 Å². The molecule has 4 rings (SSSR count). The second-order valence-electron chi connectivity index (χ2n) is 7.50. The fourth-order valence-electron chi connectivity index (χ4n) is 3.89. The summed E-state index contributed by atoms with van der Waals surface area (Å²) < 4.78 is 6.27. The van der Waals surface area contributed by atoms with Gasteiger partial charge in [0.25, 0.3) is 0 Å². The van der Waals surface area contributed by atoms with Crippen molar-refractivity contribution in [3.8, 4) is 10.7 Å². The number of aryl methyl sites for hydroxylation is 1. The number of halogens is 1. The number of hydrogen-bond donors (Lipinski definition) is 1. The van der Waals surface area contributed by atoms with E-state index in [4.69, 9.17) is 26.2 Å². The topological polar surface area (TPSA) is 55.2 Å². The average molecular weight is 427 g/mol. The minimum atomic E-state index is -0.597. The molecule has 3 aromatic rings. The molecule has 4 nitrogen and oxygen atoms in total. The van der Waals surface area contributed by atoms with E-state index in [1.165, 1.54) is 28.0 Å². The second kappa shape index (κ2) is 8.96. The minimum absolute atomic E-state index is 0.118. The normalized spacial score (nSPS) is 16.6. The number of hydrogen-bond acceptors (Lipinski definition) is 5. The lowest BCUT2D eigenvalue weighted by Gasteiger charge is -2.13. The Morgan fingerprint density at radius 1 is 1.17 bits per heavy atom. The highest BCUT2D eigenvalue weighted by Gasteiger charge is 2.27. The highest BCUT2D eigenvalue weighted by molar-refractivity contribution is 7.19. The quantitative estimate of drug-likeness (QED) is 0.555. The first-order chi connectivity index (χ1) is 14.0. The zero-order valence-corrected chi connectivity index (χ0v) is 18.3. The lowest BCUT2D eigenvalue weighted by atomic mass is 9.87. The zero-order chi connectivity index (χ0) is 20.4. The van der Waals surface area contributed by atoms with Crippen LogP contribution in [0.3, 0.4) is 0 Å². The molecule has 1 aliphatic heterocycles. The van der Waals surface area contributed by atoms with Crippen LogP contribution in [0.2, 0.25) is 10.7 Å². The first-order valence-electron chi connectivity index (χ1n) is 10.0. The molecule has 1 fully saturated rings. The Labute approximate surface area is 181 Å². The predicted octanol–water partition coefficient (Wildman–Crippen LogP) is 5.13. The summed E-state index contributed by atoms with van der Waals surface area (Å²) in [7, 11) is -0.597. The molecule has 7 heteroatoms. The fourth-order valence-corrected chi connectivity index (χ4v) is 4.87. The molecule has 29 heavy (non-hydrogen) atoms. The van der Waals surface area contributed by atoms with Crippen molar-refractivity contribution in [1.82, 2.24) is 9.97 Å². The molecular formula is C22H24BClN2O2S. The summed E-state index contributed by atoms with van der Waals surface area (Å²) in [5.74, 6) is 0.750. The van der Waals surface area contributed by atoms with Gasteiger partial charge in [-0.15, -0.1) is 11.3 Å². The van der Waals surface area contributed by atoms with Crippen molar-refractivity contribution in [1.29, 1.82) is 0 Å². The van der Waals surface area contributed by atoms with Gasteiger partial charge in [-0.05, 0) is 61.3 Å². The third-order valence-electron chi connectivity index (χ3n) is 5.39. The van der Waals surface area contributed by atoms with Crippen LogP contribution in [-0.2, 0) is 23.9 Å². The number of thiophene rings is 1. The van der Waals surface area contributed by atoms with Gasteiger partial charge in [0.15, 0.2) is 5.82 Å². The fraction of sp³-hybridized carbons (Fsp3) is 0.364. The molecular weight excluding hydrogens is 403 g/mol. The van der Waals surface area contributed by atoms with Gasteiger partial charge in [-0.1, -0.05) is 42.8 Å². The summed E-state index contributed by atoms with van der Waals surface area (Å²) in [6.07, 6.45) is 4.29. The van der Waals surface area contributed by atoms with Crippen molar-refractivity contribution in [3.05, 3.63) is 68.8 Å². The van der Waals surface area contributed by atoms with Crippen molar-refractivity contribution < 1.29 is 9.68 Å². The maximum Gasteiger partial charge on any atom is 0.454 e. The summed E-state index contributed by atoms with van der Waals surface area (Å²) in [6.45, 7) is 4.21. The first-order valence-corrected chi connectivity index (χ1v) is 11.2. The van der Waals surface area contributed by atoms with E-state index in [1.54, 1.807) is 0 Å². The predicted molar refractivity (Wildman–Crippen MR) is 120 cm³/mol. The largest absolute Gasteiger partial charge is 0.454 e. The zero-order valence-electron chi connectivity index (χ0n) is 16.7. The lowest BCUT2D eigenvalue weighted by molar-refractivity contribution is 0.201. The maximum absolute atomic E-state index is 9.52. The molecule has 0 radical (unpaired) electrons. The molecule has 0 amide bonds. The van der Waals surface area contributed by atoms with Gasteiger partial charge in [0.2, 0.25) is 0 Å². The highest BCUT2D eigenvalue weighted by Crippen LogP contribution is 2.30.